The van der Waals surface area contributed by atoms with E-state index in [9.17, 15) is 9.59 Å². The van der Waals surface area contributed by atoms with Gasteiger partial charge in [0.05, 0.1) is 14.2 Å². The summed E-state index contributed by atoms with van der Waals surface area (Å²) in [6.45, 7) is 0.602. The molecule has 7 nitrogen and oxygen atoms in total. The molecule has 0 fully saturated rings. The maximum atomic E-state index is 11.8. The molecule has 2 N–H and O–H groups in total. The minimum atomic E-state index is -0.670. The molecule has 0 spiro atoms. The number of amides is 2. The summed E-state index contributed by atoms with van der Waals surface area (Å²) in [6.07, 6.45) is 3.85. The Kier molecular flexibility index (Phi) is 6.76. The molecule has 7 heteroatoms. The van der Waals surface area contributed by atoms with Gasteiger partial charge in [-0.2, -0.15) is 0 Å². The van der Waals surface area contributed by atoms with Crippen molar-refractivity contribution in [1.82, 2.24) is 15.6 Å². The number of pyridine rings is 1. The molecule has 1 aromatic heterocycles. The van der Waals surface area contributed by atoms with Crippen molar-refractivity contribution in [3.63, 3.8) is 0 Å². The van der Waals surface area contributed by atoms with Gasteiger partial charge >= 0.3 is 11.8 Å². The Morgan fingerprint density at radius 1 is 1.00 bits per heavy atom. The number of nitrogens with zero attached hydrogens (tertiary/aromatic N) is 1. The zero-order chi connectivity index (χ0) is 18.1. The molecular weight excluding hydrogens is 322 g/mol. The lowest BCUT2D eigenvalue weighted by molar-refractivity contribution is -0.139. The van der Waals surface area contributed by atoms with Gasteiger partial charge in [-0.05, 0) is 35.7 Å². The van der Waals surface area contributed by atoms with Crippen LogP contribution in [0.25, 0.3) is 0 Å². The molecule has 0 atom stereocenters. The first-order valence-corrected chi connectivity index (χ1v) is 7.80. The Morgan fingerprint density at radius 3 is 2.44 bits per heavy atom. The summed E-state index contributed by atoms with van der Waals surface area (Å²) in [5.41, 5.74) is 1.79. The van der Waals surface area contributed by atoms with E-state index in [4.69, 9.17) is 9.47 Å². The second-order valence-corrected chi connectivity index (χ2v) is 5.24. The van der Waals surface area contributed by atoms with Crippen molar-refractivity contribution in [2.45, 2.75) is 13.0 Å². The molecule has 2 aromatic rings. The van der Waals surface area contributed by atoms with Gasteiger partial charge in [-0.1, -0.05) is 12.1 Å². The van der Waals surface area contributed by atoms with Gasteiger partial charge in [0, 0.05) is 25.5 Å². The molecule has 1 aromatic carbocycles. The fourth-order valence-corrected chi connectivity index (χ4v) is 2.20. The molecular formula is C18H21N3O4. The second-order valence-electron chi connectivity index (χ2n) is 5.24. The molecule has 0 bridgehead atoms. The zero-order valence-corrected chi connectivity index (χ0v) is 14.2. The van der Waals surface area contributed by atoms with E-state index in [0.29, 0.717) is 24.5 Å². The first-order chi connectivity index (χ1) is 12.1. The van der Waals surface area contributed by atoms with Crippen molar-refractivity contribution in [2.75, 3.05) is 20.8 Å². The van der Waals surface area contributed by atoms with E-state index in [-0.39, 0.29) is 6.54 Å². The molecule has 0 unspecified atom stereocenters. The van der Waals surface area contributed by atoms with E-state index in [0.717, 1.165) is 11.1 Å². The van der Waals surface area contributed by atoms with Gasteiger partial charge in [0.25, 0.3) is 0 Å². The monoisotopic (exact) mass is 343 g/mol. The predicted octanol–water partition coefficient (Wildman–Crippen LogP) is 1.07. The summed E-state index contributed by atoms with van der Waals surface area (Å²) < 4.78 is 10.4. The van der Waals surface area contributed by atoms with Crippen LogP contribution in [0.2, 0.25) is 0 Å². The van der Waals surface area contributed by atoms with Crippen LogP contribution in [0.15, 0.2) is 42.7 Å². The summed E-state index contributed by atoms with van der Waals surface area (Å²) in [7, 11) is 3.14. The van der Waals surface area contributed by atoms with Crippen molar-refractivity contribution in [3.8, 4) is 11.5 Å². The second kappa shape index (κ2) is 9.27. The van der Waals surface area contributed by atoms with E-state index in [1.165, 1.54) is 0 Å². The topological polar surface area (TPSA) is 89.5 Å². The van der Waals surface area contributed by atoms with Gasteiger partial charge in [-0.15, -0.1) is 0 Å². The van der Waals surface area contributed by atoms with E-state index >= 15 is 0 Å². The van der Waals surface area contributed by atoms with Crippen LogP contribution in [0.5, 0.6) is 11.5 Å². The number of nitrogens with one attached hydrogen (secondary N) is 2. The average Bonchev–Trinajstić information content (AvgIpc) is 2.66. The molecule has 0 aliphatic rings. The van der Waals surface area contributed by atoms with E-state index in [1.54, 1.807) is 38.7 Å². The number of carbonyl (C=O) groups excluding carboxylic acids is 2. The van der Waals surface area contributed by atoms with Crippen LogP contribution in [-0.2, 0) is 22.6 Å². The maximum Gasteiger partial charge on any atom is 0.309 e. The third-order valence-electron chi connectivity index (χ3n) is 3.53. The van der Waals surface area contributed by atoms with Crippen LogP contribution in [0.4, 0.5) is 0 Å². The summed E-state index contributed by atoms with van der Waals surface area (Å²) >= 11 is 0. The Morgan fingerprint density at radius 2 is 1.76 bits per heavy atom. The predicted molar refractivity (Wildman–Crippen MR) is 92.3 cm³/mol. The quantitative estimate of drug-likeness (QED) is 0.734. The fraction of sp³-hybridized carbons (Fsp3) is 0.278. The van der Waals surface area contributed by atoms with Crippen LogP contribution in [0.1, 0.15) is 11.1 Å². The number of methoxy groups -OCH3 is 2. The van der Waals surface area contributed by atoms with Gasteiger partial charge in [0.15, 0.2) is 11.5 Å². The lowest BCUT2D eigenvalue weighted by Crippen LogP contribution is -2.40. The highest BCUT2D eigenvalue weighted by Crippen LogP contribution is 2.27. The van der Waals surface area contributed by atoms with Crippen molar-refractivity contribution in [1.29, 1.82) is 0 Å². The van der Waals surface area contributed by atoms with Gasteiger partial charge in [0.1, 0.15) is 0 Å². The molecule has 0 saturated carbocycles. The Bertz CT molecular complexity index is 720. The molecule has 0 saturated heterocycles. The fourth-order valence-electron chi connectivity index (χ4n) is 2.20. The first kappa shape index (κ1) is 18.3. The Hall–Kier alpha value is -3.09. The number of rotatable bonds is 7. The smallest absolute Gasteiger partial charge is 0.309 e. The molecule has 2 amide bonds. The first-order valence-electron chi connectivity index (χ1n) is 7.80. The normalized spacial score (nSPS) is 10.0. The Labute approximate surface area is 146 Å². The third-order valence-corrected chi connectivity index (χ3v) is 3.53. The molecule has 0 aliphatic heterocycles. The van der Waals surface area contributed by atoms with E-state index in [1.807, 2.05) is 18.2 Å². The van der Waals surface area contributed by atoms with Crippen LogP contribution in [0.3, 0.4) is 0 Å². The zero-order valence-electron chi connectivity index (χ0n) is 14.2. The number of ether oxygens (including phenoxy) is 2. The largest absolute Gasteiger partial charge is 0.493 e. The minimum Gasteiger partial charge on any atom is -0.493 e. The summed E-state index contributed by atoms with van der Waals surface area (Å²) in [5.74, 6) is -0.0638. The SMILES string of the molecule is COc1ccc(CCNC(=O)C(=O)NCc2cccnc2)cc1OC. The number of benzene rings is 1. The highest BCUT2D eigenvalue weighted by atomic mass is 16.5. The summed E-state index contributed by atoms with van der Waals surface area (Å²) in [4.78, 5) is 27.5. The minimum absolute atomic E-state index is 0.260. The van der Waals surface area contributed by atoms with Gasteiger partial charge in [-0.25, -0.2) is 0 Å². The molecule has 25 heavy (non-hydrogen) atoms. The highest BCUT2D eigenvalue weighted by molar-refractivity contribution is 6.35. The lowest BCUT2D eigenvalue weighted by Gasteiger charge is -2.10. The standard InChI is InChI=1S/C18H21N3O4/c1-24-15-6-5-13(10-16(15)25-2)7-9-20-17(22)18(23)21-12-14-4-3-8-19-11-14/h3-6,8,10-11H,7,9,12H2,1-2H3,(H,20,22)(H,21,23). The van der Waals surface area contributed by atoms with Crippen molar-refractivity contribution in [3.05, 3.63) is 53.9 Å². The van der Waals surface area contributed by atoms with Gasteiger partial charge in [0.2, 0.25) is 0 Å². The van der Waals surface area contributed by atoms with E-state index < -0.39 is 11.8 Å². The van der Waals surface area contributed by atoms with Crippen molar-refractivity contribution in [2.24, 2.45) is 0 Å². The van der Waals surface area contributed by atoms with E-state index in [2.05, 4.69) is 15.6 Å². The van der Waals surface area contributed by atoms with Gasteiger partial charge < -0.3 is 20.1 Å². The van der Waals surface area contributed by atoms with Crippen LogP contribution in [0, 0.1) is 0 Å². The lowest BCUT2D eigenvalue weighted by atomic mass is 10.1. The number of hydrogen-bond acceptors (Lipinski definition) is 5. The van der Waals surface area contributed by atoms with Crippen molar-refractivity contribution < 1.29 is 19.1 Å². The molecule has 1 heterocycles. The highest BCUT2D eigenvalue weighted by Gasteiger charge is 2.12. The average molecular weight is 343 g/mol. The van der Waals surface area contributed by atoms with Crippen LogP contribution >= 0.6 is 0 Å². The van der Waals surface area contributed by atoms with Gasteiger partial charge in [-0.3, -0.25) is 14.6 Å². The third kappa shape index (κ3) is 5.49. The van der Waals surface area contributed by atoms with Crippen LogP contribution in [-0.4, -0.2) is 37.6 Å². The summed E-state index contributed by atoms with van der Waals surface area (Å²) in [6, 6.07) is 9.12. The molecule has 132 valence electrons. The molecule has 0 aliphatic carbocycles. The van der Waals surface area contributed by atoms with Crippen LogP contribution < -0.4 is 20.1 Å². The number of aromatic nitrogens is 1. The van der Waals surface area contributed by atoms with Crippen molar-refractivity contribution >= 4 is 11.8 Å². The Balaban J connectivity index is 1.77. The number of carbonyl (C=O) groups is 2. The molecule has 2 rings (SSSR count). The molecule has 0 radical (unpaired) electrons. The number of hydrogen-bond donors (Lipinski definition) is 2. The maximum absolute atomic E-state index is 11.8. The summed E-state index contributed by atoms with van der Waals surface area (Å²) in [5, 5.41) is 5.15.